The summed E-state index contributed by atoms with van der Waals surface area (Å²) in [5.74, 6) is 1.02. The smallest absolute Gasteiger partial charge is 0.134 e. The van der Waals surface area contributed by atoms with E-state index in [-0.39, 0.29) is 6.10 Å². The van der Waals surface area contributed by atoms with Crippen LogP contribution in [0.3, 0.4) is 0 Å². The predicted molar refractivity (Wildman–Crippen MR) is 95.9 cm³/mol. The molecule has 0 bridgehead atoms. The molecule has 24 heavy (non-hydrogen) atoms. The van der Waals surface area contributed by atoms with Crippen LogP contribution in [-0.4, -0.2) is 41.3 Å². The molecule has 4 nitrogen and oxygen atoms in total. The molecule has 2 N–H and O–H groups in total. The van der Waals surface area contributed by atoms with Crippen molar-refractivity contribution >= 4 is 11.0 Å². The topological polar surface area (TPSA) is 48.6 Å². The van der Waals surface area contributed by atoms with Crippen LogP contribution >= 0.6 is 0 Å². The van der Waals surface area contributed by atoms with Crippen LogP contribution in [0, 0.1) is 0 Å². The summed E-state index contributed by atoms with van der Waals surface area (Å²) >= 11 is 0. The standard InChI is InChI=1S/C20H28N2O2/c23-19-7-3-2-6-18(19)22-11-9-16(10-12-22)21-14-17-13-15-5-1-4-8-20(15)24-17/h1,4-5,8,13,16,18-19,21,23H,2-3,6-7,9-12,14H2. The quantitative estimate of drug-likeness (QED) is 0.904. The summed E-state index contributed by atoms with van der Waals surface area (Å²) in [4.78, 5) is 2.52. The van der Waals surface area contributed by atoms with Gasteiger partial charge in [-0.1, -0.05) is 31.0 Å². The number of likely N-dealkylation sites (tertiary alicyclic amines) is 1. The molecule has 2 heterocycles. The predicted octanol–water partition coefficient (Wildman–Crippen LogP) is 3.29. The maximum Gasteiger partial charge on any atom is 0.134 e. The van der Waals surface area contributed by atoms with E-state index in [2.05, 4.69) is 22.3 Å². The molecule has 0 radical (unpaired) electrons. The third kappa shape index (κ3) is 3.51. The Bertz CT molecular complexity index is 627. The van der Waals surface area contributed by atoms with Crippen LogP contribution in [0.25, 0.3) is 11.0 Å². The number of aliphatic hydroxyl groups excluding tert-OH is 1. The summed E-state index contributed by atoms with van der Waals surface area (Å²) in [7, 11) is 0. The van der Waals surface area contributed by atoms with Crippen molar-refractivity contribution in [2.75, 3.05) is 13.1 Å². The number of para-hydroxylation sites is 1. The van der Waals surface area contributed by atoms with Crippen LogP contribution < -0.4 is 5.32 Å². The molecule has 1 aliphatic carbocycles. The maximum absolute atomic E-state index is 10.2. The lowest BCUT2D eigenvalue weighted by atomic mass is 9.89. The monoisotopic (exact) mass is 328 g/mol. The van der Waals surface area contributed by atoms with Crippen molar-refractivity contribution in [3.63, 3.8) is 0 Å². The van der Waals surface area contributed by atoms with E-state index in [1.165, 1.54) is 18.2 Å². The Balaban J connectivity index is 1.27. The minimum Gasteiger partial charge on any atom is -0.460 e. The number of hydrogen-bond donors (Lipinski definition) is 2. The lowest BCUT2D eigenvalue weighted by Gasteiger charge is -2.41. The number of hydrogen-bond acceptors (Lipinski definition) is 4. The van der Waals surface area contributed by atoms with Crippen LogP contribution in [0.1, 0.15) is 44.3 Å². The number of benzene rings is 1. The van der Waals surface area contributed by atoms with Crippen LogP contribution in [0.2, 0.25) is 0 Å². The molecule has 0 spiro atoms. The van der Waals surface area contributed by atoms with Gasteiger partial charge in [0.15, 0.2) is 0 Å². The van der Waals surface area contributed by atoms with E-state index in [1.807, 2.05) is 18.2 Å². The molecular formula is C20H28N2O2. The number of aliphatic hydroxyl groups is 1. The molecule has 1 saturated heterocycles. The van der Waals surface area contributed by atoms with Crippen molar-refractivity contribution in [3.05, 3.63) is 36.1 Å². The van der Waals surface area contributed by atoms with E-state index in [0.717, 1.165) is 56.7 Å². The highest BCUT2D eigenvalue weighted by Gasteiger charge is 2.31. The summed E-state index contributed by atoms with van der Waals surface area (Å²) in [6.07, 6.45) is 6.80. The molecule has 2 unspecified atom stereocenters. The number of rotatable bonds is 4. The van der Waals surface area contributed by atoms with Gasteiger partial charge in [-0.05, 0) is 37.8 Å². The van der Waals surface area contributed by atoms with E-state index in [0.29, 0.717) is 12.1 Å². The Morgan fingerprint density at radius 2 is 1.88 bits per heavy atom. The molecule has 1 aromatic heterocycles. The van der Waals surface area contributed by atoms with Crippen LogP contribution in [0.15, 0.2) is 34.7 Å². The summed E-state index contributed by atoms with van der Waals surface area (Å²) in [5.41, 5.74) is 0.968. The third-order valence-electron chi connectivity index (χ3n) is 5.73. The Hall–Kier alpha value is -1.36. The van der Waals surface area contributed by atoms with Gasteiger partial charge in [0.05, 0.1) is 12.6 Å². The molecule has 1 aliphatic heterocycles. The van der Waals surface area contributed by atoms with E-state index >= 15 is 0 Å². The van der Waals surface area contributed by atoms with Crippen molar-refractivity contribution in [1.29, 1.82) is 0 Å². The van der Waals surface area contributed by atoms with Gasteiger partial charge in [0, 0.05) is 30.6 Å². The molecule has 130 valence electrons. The first kappa shape index (κ1) is 16.1. The lowest BCUT2D eigenvalue weighted by Crippen LogP contribution is -2.51. The zero-order chi connectivity index (χ0) is 16.4. The second-order valence-electron chi connectivity index (χ2n) is 7.36. The minimum absolute atomic E-state index is 0.112. The second-order valence-corrected chi connectivity index (χ2v) is 7.36. The van der Waals surface area contributed by atoms with Crippen molar-refractivity contribution < 1.29 is 9.52 Å². The molecule has 4 rings (SSSR count). The molecule has 2 fully saturated rings. The van der Waals surface area contributed by atoms with Gasteiger partial charge in [-0.15, -0.1) is 0 Å². The first-order valence-corrected chi connectivity index (χ1v) is 9.42. The van der Waals surface area contributed by atoms with E-state index in [9.17, 15) is 5.11 Å². The number of nitrogens with one attached hydrogen (secondary N) is 1. The molecule has 2 aromatic rings. The van der Waals surface area contributed by atoms with E-state index in [1.54, 1.807) is 0 Å². The molecule has 2 atom stereocenters. The van der Waals surface area contributed by atoms with Gasteiger partial charge in [0.1, 0.15) is 11.3 Å². The summed E-state index contributed by atoms with van der Waals surface area (Å²) in [6, 6.07) is 11.3. The highest BCUT2D eigenvalue weighted by Crippen LogP contribution is 2.26. The fourth-order valence-corrected chi connectivity index (χ4v) is 4.32. The maximum atomic E-state index is 10.2. The van der Waals surface area contributed by atoms with Crippen molar-refractivity contribution in [1.82, 2.24) is 10.2 Å². The second kappa shape index (κ2) is 7.26. The SMILES string of the molecule is OC1CCCCC1N1CCC(NCc2cc3ccccc3o2)CC1. The lowest BCUT2D eigenvalue weighted by molar-refractivity contribution is 0.00707. The molecular weight excluding hydrogens is 300 g/mol. The fourth-order valence-electron chi connectivity index (χ4n) is 4.32. The number of furan rings is 1. The van der Waals surface area contributed by atoms with E-state index < -0.39 is 0 Å². The largest absolute Gasteiger partial charge is 0.460 e. The normalized spacial score (nSPS) is 26.9. The summed E-state index contributed by atoms with van der Waals surface area (Å²) in [5, 5.41) is 15.1. The van der Waals surface area contributed by atoms with Crippen molar-refractivity contribution in [3.8, 4) is 0 Å². The van der Waals surface area contributed by atoms with Crippen LogP contribution in [0.4, 0.5) is 0 Å². The zero-order valence-electron chi connectivity index (χ0n) is 14.3. The van der Waals surface area contributed by atoms with Gasteiger partial charge in [0.2, 0.25) is 0 Å². The fraction of sp³-hybridized carbons (Fsp3) is 0.600. The number of nitrogens with zero attached hydrogens (tertiary/aromatic N) is 1. The van der Waals surface area contributed by atoms with Gasteiger partial charge in [-0.25, -0.2) is 0 Å². The van der Waals surface area contributed by atoms with Gasteiger partial charge in [-0.2, -0.15) is 0 Å². The summed E-state index contributed by atoms with van der Waals surface area (Å²) < 4.78 is 5.88. The molecule has 2 aliphatic rings. The van der Waals surface area contributed by atoms with Gasteiger partial charge in [0.25, 0.3) is 0 Å². The first-order chi connectivity index (χ1) is 11.8. The summed E-state index contributed by atoms with van der Waals surface area (Å²) in [6.45, 7) is 2.99. The Labute approximate surface area is 143 Å². The van der Waals surface area contributed by atoms with Crippen molar-refractivity contribution in [2.45, 2.75) is 63.3 Å². The molecule has 1 aromatic carbocycles. The van der Waals surface area contributed by atoms with E-state index in [4.69, 9.17) is 4.42 Å². The highest BCUT2D eigenvalue weighted by atomic mass is 16.3. The minimum atomic E-state index is -0.112. The Morgan fingerprint density at radius 3 is 2.67 bits per heavy atom. The highest BCUT2D eigenvalue weighted by molar-refractivity contribution is 5.77. The number of piperidine rings is 1. The van der Waals surface area contributed by atoms with Gasteiger partial charge < -0.3 is 14.8 Å². The average Bonchev–Trinajstić information content (AvgIpc) is 3.04. The van der Waals surface area contributed by atoms with Crippen LogP contribution in [0.5, 0.6) is 0 Å². The van der Waals surface area contributed by atoms with Crippen molar-refractivity contribution in [2.24, 2.45) is 0 Å². The third-order valence-corrected chi connectivity index (χ3v) is 5.73. The van der Waals surface area contributed by atoms with Gasteiger partial charge >= 0.3 is 0 Å². The zero-order valence-corrected chi connectivity index (χ0v) is 14.3. The molecule has 4 heteroatoms. The Kier molecular flexibility index (Phi) is 4.88. The Morgan fingerprint density at radius 1 is 1.08 bits per heavy atom. The molecule has 1 saturated carbocycles. The average molecular weight is 328 g/mol. The van der Waals surface area contributed by atoms with Gasteiger partial charge in [-0.3, -0.25) is 4.90 Å². The first-order valence-electron chi connectivity index (χ1n) is 9.42. The molecule has 0 amide bonds. The van der Waals surface area contributed by atoms with Crippen LogP contribution in [-0.2, 0) is 6.54 Å². The number of fused-ring (bicyclic) bond motifs is 1.